The second-order valence-electron chi connectivity index (χ2n) is 5.12. The quantitative estimate of drug-likeness (QED) is 0.818. The van der Waals surface area contributed by atoms with Crippen LogP contribution in [0.15, 0.2) is 60.7 Å². The van der Waals surface area contributed by atoms with Crippen molar-refractivity contribution in [2.24, 2.45) is 0 Å². The zero-order chi connectivity index (χ0) is 12.8. The third kappa shape index (κ3) is 3.44. The maximum Gasteiger partial charge on any atom is 0.0776 e. The molecule has 0 atom stereocenters. The van der Waals surface area contributed by atoms with Crippen LogP contribution in [0.25, 0.3) is 0 Å². The van der Waals surface area contributed by atoms with Gasteiger partial charge in [-0.25, -0.2) is 0 Å². The molecule has 0 spiro atoms. The Labute approximate surface area is 110 Å². The van der Waals surface area contributed by atoms with Gasteiger partial charge in [0.25, 0.3) is 0 Å². The molecule has 1 heteroatoms. The fraction of sp³-hybridized carbons (Fsp3) is 0.294. The van der Waals surface area contributed by atoms with Crippen LogP contribution in [0.2, 0.25) is 0 Å². The Morgan fingerprint density at radius 3 is 1.61 bits per heavy atom. The van der Waals surface area contributed by atoms with Gasteiger partial charge in [0.05, 0.1) is 20.6 Å². The average Bonchev–Trinajstić information content (AvgIpc) is 2.41. The van der Waals surface area contributed by atoms with E-state index in [0.717, 1.165) is 0 Å². The molecule has 1 nitrogen and oxygen atoms in total. The number of hydrogen-bond donors (Lipinski definition) is 1. The molecular weight excluding hydrogens is 218 g/mol. The summed E-state index contributed by atoms with van der Waals surface area (Å²) in [5.74, 6) is 0.516. The molecule has 0 bridgehead atoms. The molecule has 0 fully saturated rings. The first-order valence-electron chi connectivity index (χ1n) is 6.66. The van der Waals surface area contributed by atoms with Crippen LogP contribution in [0.3, 0.4) is 0 Å². The summed E-state index contributed by atoms with van der Waals surface area (Å²) in [6.07, 6.45) is 1.19. The molecule has 0 saturated heterocycles. The van der Waals surface area contributed by atoms with Gasteiger partial charge in [-0.3, -0.25) is 0 Å². The van der Waals surface area contributed by atoms with Crippen LogP contribution >= 0.6 is 0 Å². The Kier molecular flexibility index (Phi) is 4.54. The van der Waals surface area contributed by atoms with E-state index < -0.39 is 0 Å². The molecule has 0 radical (unpaired) electrons. The zero-order valence-electron chi connectivity index (χ0n) is 11.3. The van der Waals surface area contributed by atoms with E-state index in [-0.39, 0.29) is 0 Å². The van der Waals surface area contributed by atoms with Crippen molar-refractivity contribution in [2.75, 3.05) is 20.6 Å². The SMILES string of the molecule is C[NH+](C)CCC(c1ccccc1)c1ccccc1. The van der Waals surface area contributed by atoms with Crippen molar-refractivity contribution in [3.8, 4) is 0 Å². The highest BCUT2D eigenvalue weighted by Crippen LogP contribution is 2.26. The molecule has 0 aliphatic rings. The maximum absolute atomic E-state index is 2.24. The molecular formula is C17H22N+. The molecule has 0 amide bonds. The minimum Gasteiger partial charge on any atom is -0.340 e. The molecule has 0 aromatic heterocycles. The summed E-state index contributed by atoms with van der Waals surface area (Å²) in [5.41, 5.74) is 2.84. The van der Waals surface area contributed by atoms with Gasteiger partial charge in [-0.15, -0.1) is 0 Å². The number of quaternary nitrogens is 1. The van der Waals surface area contributed by atoms with Gasteiger partial charge in [0.15, 0.2) is 0 Å². The summed E-state index contributed by atoms with van der Waals surface area (Å²) in [6, 6.07) is 21.7. The normalized spacial score (nSPS) is 11.1. The van der Waals surface area contributed by atoms with Crippen molar-refractivity contribution in [3.05, 3.63) is 71.8 Å². The van der Waals surface area contributed by atoms with Crippen molar-refractivity contribution in [1.29, 1.82) is 0 Å². The van der Waals surface area contributed by atoms with Crippen LogP contribution in [-0.2, 0) is 0 Å². The van der Waals surface area contributed by atoms with E-state index in [4.69, 9.17) is 0 Å². The summed E-state index contributed by atoms with van der Waals surface area (Å²) in [5, 5.41) is 0. The fourth-order valence-corrected chi connectivity index (χ4v) is 2.33. The van der Waals surface area contributed by atoms with Crippen LogP contribution in [0, 0.1) is 0 Å². The van der Waals surface area contributed by atoms with Crippen LogP contribution in [0.4, 0.5) is 0 Å². The Hall–Kier alpha value is -1.60. The lowest BCUT2D eigenvalue weighted by Gasteiger charge is -2.19. The first kappa shape index (κ1) is 12.8. The third-order valence-corrected chi connectivity index (χ3v) is 3.34. The molecule has 1 N–H and O–H groups in total. The molecule has 0 aliphatic carbocycles. The van der Waals surface area contributed by atoms with Crippen LogP contribution in [0.5, 0.6) is 0 Å². The van der Waals surface area contributed by atoms with Gasteiger partial charge in [0.1, 0.15) is 0 Å². The lowest BCUT2D eigenvalue weighted by atomic mass is 9.88. The highest BCUT2D eigenvalue weighted by molar-refractivity contribution is 5.32. The van der Waals surface area contributed by atoms with Gasteiger partial charge in [0.2, 0.25) is 0 Å². The Morgan fingerprint density at radius 2 is 1.22 bits per heavy atom. The molecule has 2 rings (SSSR count). The highest BCUT2D eigenvalue weighted by atomic mass is 15.0. The molecule has 0 unspecified atom stereocenters. The Morgan fingerprint density at radius 1 is 0.778 bits per heavy atom. The summed E-state index contributed by atoms with van der Waals surface area (Å²) in [7, 11) is 4.43. The van der Waals surface area contributed by atoms with Crippen LogP contribution < -0.4 is 4.90 Å². The summed E-state index contributed by atoms with van der Waals surface area (Å²) in [6.45, 7) is 1.19. The van der Waals surface area contributed by atoms with Gasteiger partial charge >= 0.3 is 0 Å². The largest absolute Gasteiger partial charge is 0.340 e. The number of benzene rings is 2. The second-order valence-corrected chi connectivity index (χ2v) is 5.12. The number of rotatable bonds is 5. The molecule has 0 heterocycles. The van der Waals surface area contributed by atoms with Crippen LogP contribution in [-0.4, -0.2) is 20.6 Å². The van der Waals surface area contributed by atoms with E-state index in [1.165, 1.54) is 29.0 Å². The van der Waals surface area contributed by atoms with Crippen molar-refractivity contribution in [1.82, 2.24) is 0 Å². The monoisotopic (exact) mass is 240 g/mol. The van der Waals surface area contributed by atoms with Gasteiger partial charge in [-0.1, -0.05) is 60.7 Å². The predicted molar refractivity (Wildman–Crippen MR) is 77.0 cm³/mol. The van der Waals surface area contributed by atoms with E-state index in [1.54, 1.807) is 0 Å². The maximum atomic E-state index is 2.24. The van der Waals surface area contributed by atoms with E-state index in [0.29, 0.717) is 5.92 Å². The number of nitrogens with one attached hydrogen (secondary N) is 1. The second kappa shape index (κ2) is 6.36. The molecule has 18 heavy (non-hydrogen) atoms. The molecule has 2 aromatic carbocycles. The summed E-state index contributed by atoms with van der Waals surface area (Å²) < 4.78 is 0. The standard InChI is InChI=1S/C17H21N/c1-18(2)14-13-17(15-9-5-3-6-10-15)16-11-7-4-8-12-16/h3-12,17H,13-14H2,1-2H3/p+1. The van der Waals surface area contributed by atoms with E-state index in [9.17, 15) is 0 Å². The van der Waals surface area contributed by atoms with E-state index in [1.807, 2.05) is 0 Å². The minimum atomic E-state index is 0.516. The number of hydrogen-bond acceptors (Lipinski definition) is 0. The molecule has 94 valence electrons. The molecule has 0 aliphatic heterocycles. The van der Waals surface area contributed by atoms with Gasteiger partial charge < -0.3 is 4.90 Å². The lowest BCUT2D eigenvalue weighted by molar-refractivity contribution is -0.858. The van der Waals surface area contributed by atoms with Crippen molar-refractivity contribution < 1.29 is 4.90 Å². The Bertz CT molecular complexity index is 408. The smallest absolute Gasteiger partial charge is 0.0776 e. The Balaban J connectivity index is 2.24. The minimum absolute atomic E-state index is 0.516. The van der Waals surface area contributed by atoms with Crippen molar-refractivity contribution >= 4 is 0 Å². The van der Waals surface area contributed by atoms with Crippen molar-refractivity contribution in [3.63, 3.8) is 0 Å². The summed E-state index contributed by atoms with van der Waals surface area (Å²) >= 11 is 0. The van der Waals surface area contributed by atoms with Crippen LogP contribution in [0.1, 0.15) is 23.5 Å². The first-order chi connectivity index (χ1) is 8.77. The lowest BCUT2D eigenvalue weighted by Crippen LogP contribution is -3.05. The third-order valence-electron chi connectivity index (χ3n) is 3.34. The first-order valence-corrected chi connectivity index (χ1v) is 6.66. The predicted octanol–water partition coefficient (Wildman–Crippen LogP) is 2.35. The van der Waals surface area contributed by atoms with E-state index in [2.05, 4.69) is 74.8 Å². The molecule has 2 aromatic rings. The summed E-state index contributed by atoms with van der Waals surface area (Å²) in [4.78, 5) is 1.51. The zero-order valence-corrected chi connectivity index (χ0v) is 11.3. The average molecular weight is 240 g/mol. The van der Waals surface area contributed by atoms with Crippen molar-refractivity contribution in [2.45, 2.75) is 12.3 Å². The molecule has 0 saturated carbocycles. The highest BCUT2D eigenvalue weighted by Gasteiger charge is 2.14. The topological polar surface area (TPSA) is 4.44 Å². The van der Waals surface area contributed by atoms with Gasteiger partial charge in [0, 0.05) is 12.3 Å². The van der Waals surface area contributed by atoms with E-state index >= 15 is 0 Å². The fourth-order valence-electron chi connectivity index (χ4n) is 2.33. The van der Waals surface area contributed by atoms with Gasteiger partial charge in [-0.2, -0.15) is 0 Å². The van der Waals surface area contributed by atoms with Gasteiger partial charge in [-0.05, 0) is 11.1 Å².